The molecule has 1 aromatic heterocycles. The van der Waals surface area contributed by atoms with Crippen LogP contribution < -0.4 is 5.73 Å². The second-order valence-corrected chi connectivity index (χ2v) is 7.23. The monoisotopic (exact) mass is 422 g/mol. The molecule has 1 heterocycles. The Morgan fingerprint density at radius 2 is 1.73 bits per heavy atom. The quantitative estimate of drug-likeness (QED) is 0.511. The van der Waals surface area contributed by atoms with Crippen LogP contribution in [-0.2, 0) is 0 Å². The van der Waals surface area contributed by atoms with Crippen LogP contribution in [0.3, 0.4) is 0 Å². The lowest BCUT2D eigenvalue weighted by atomic mass is 10.0. The second-order valence-electron chi connectivity index (χ2n) is 5.64. The number of nitrogens with two attached hydrogens (primary N) is 1. The zero-order chi connectivity index (χ0) is 16.0. The average Bonchev–Trinajstić information content (AvgIpc) is 2.96. The molecule has 0 amide bonds. The Morgan fingerprint density at radius 3 is 2.32 bits per heavy atom. The molecule has 0 aliphatic heterocycles. The van der Waals surface area contributed by atoms with Gasteiger partial charge in [-0.3, -0.25) is 0 Å². The van der Waals surface area contributed by atoms with Gasteiger partial charge in [-0.25, -0.2) is 4.98 Å². The van der Waals surface area contributed by atoms with Crippen molar-refractivity contribution >= 4 is 48.6 Å². The number of anilines is 1. The van der Waals surface area contributed by atoms with Crippen LogP contribution in [0.4, 0.5) is 5.69 Å². The Balaban J connectivity index is 2.17. The molecule has 0 spiro atoms. The van der Waals surface area contributed by atoms with E-state index in [9.17, 15) is 0 Å². The minimum absolute atomic E-state index is 0.504. The summed E-state index contributed by atoms with van der Waals surface area (Å²) in [5.74, 6) is 1.11. The fourth-order valence-electron chi connectivity index (χ4n) is 2.38. The number of oxazole rings is 1. The highest BCUT2D eigenvalue weighted by Crippen LogP contribution is 2.40. The topological polar surface area (TPSA) is 52.0 Å². The van der Waals surface area contributed by atoms with Gasteiger partial charge in [0.2, 0.25) is 5.89 Å². The molecule has 22 heavy (non-hydrogen) atoms. The molecular weight excluding hydrogens is 408 g/mol. The molecule has 3 nitrogen and oxygen atoms in total. The first kappa shape index (κ1) is 15.6. The maximum atomic E-state index is 6.07. The summed E-state index contributed by atoms with van der Waals surface area (Å²) >= 11 is 7.00. The molecule has 114 valence electrons. The van der Waals surface area contributed by atoms with E-state index in [2.05, 4.69) is 62.8 Å². The van der Waals surface area contributed by atoms with E-state index in [-0.39, 0.29) is 0 Å². The number of nitrogens with zero attached hydrogens (tertiary/aromatic N) is 1. The van der Waals surface area contributed by atoms with Gasteiger partial charge in [-0.1, -0.05) is 26.0 Å². The van der Waals surface area contributed by atoms with Gasteiger partial charge in [0.1, 0.15) is 5.52 Å². The predicted molar refractivity (Wildman–Crippen MR) is 98.1 cm³/mol. The first-order valence-corrected chi connectivity index (χ1v) is 8.62. The van der Waals surface area contributed by atoms with Crippen LogP contribution in [0.25, 0.3) is 22.6 Å². The number of nitrogen functional groups attached to an aromatic ring is 1. The Bertz CT molecular complexity index is 806. The first-order valence-electron chi connectivity index (χ1n) is 7.04. The molecule has 3 aromatic rings. The molecule has 0 saturated heterocycles. The smallest absolute Gasteiger partial charge is 0.227 e. The first-order chi connectivity index (χ1) is 10.4. The number of rotatable bonds is 2. The van der Waals surface area contributed by atoms with E-state index in [4.69, 9.17) is 10.2 Å². The number of hydrogen-bond donors (Lipinski definition) is 1. The minimum atomic E-state index is 0.504. The summed E-state index contributed by atoms with van der Waals surface area (Å²) in [6.07, 6.45) is 0. The third kappa shape index (κ3) is 2.46. The van der Waals surface area contributed by atoms with E-state index in [1.54, 1.807) is 0 Å². The largest absolute Gasteiger partial charge is 0.436 e. The van der Waals surface area contributed by atoms with Crippen LogP contribution >= 0.6 is 31.9 Å². The fourth-order valence-corrected chi connectivity index (χ4v) is 3.49. The molecule has 3 rings (SSSR count). The molecule has 0 fully saturated rings. The molecule has 0 unspecified atom stereocenters. The highest BCUT2D eigenvalue weighted by atomic mass is 79.9. The minimum Gasteiger partial charge on any atom is -0.436 e. The zero-order valence-electron chi connectivity index (χ0n) is 12.6. The number of hydrogen-bond acceptors (Lipinski definition) is 3. The van der Waals surface area contributed by atoms with Gasteiger partial charge in [-0.05, 0) is 62.4 Å². The molecule has 0 saturated carbocycles. The Hall–Kier alpha value is -1.33. The lowest BCUT2D eigenvalue weighted by molar-refractivity contribution is 0.617. The maximum Gasteiger partial charge on any atom is 0.227 e. The van der Waals surface area contributed by atoms with Crippen molar-refractivity contribution in [2.45, 2.75) is 26.7 Å². The van der Waals surface area contributed by atoms with Crippen molar-refractivity contribution in [3.8, 4) is 11.5 Å². The van der Waals surface area contributed by atoms with E-state index in [1.807, 2.05) is 19.1 Å². The van der Waals surface area contributed by atoms with Crippen molar-refractivity contribution in [2.24, 2.45) is 0 Å². The summed E-state index contributed by atoms with van der Waals surface area (Å²) in [6, 6.07) is 8.31. The van der Waals surface area contributed by atoms with Crippen molar-refractivity contribution in [3.63, 3.8) is 0 Å². The van der Waals surface area contributed by atoms with Gasteiger partial charge in [0.25, 0.3) is 0 Å². The third-order valence-corrected chi connectivity index (χ3v) is 5.63. The second kappa shape index (κ2) is 5.70. The Labute approximate surface area is 146 Å². The summed E-state index contributed by atoms with van der Waals surface area (Å²) in [5.41, 5.74) is 11.4. The van der Waals surface area contributed by atoms with Crippen molar-refractivity contribution in [1.29, 1.82) is 0 Å². The van der Waals surface area contributed by atoms with Gasteiger partial charge in [0.05, 0.1) is 10.2 Å². The molecular formula is C17H16Br2N2O. The summed E-state index contributed by atoms with van der Waals surface area (Å²) in [4.78, 5) is 4.61. The van der Waals surface area contributed by atoms with Gasteiger partial charge in [-0.2, -0.15) is 0 Å². The number of fused-ring (bicyclic) bond motifs is 1. The van der Waals surface area contributed by atoms with Gasteiger partial charge in [0.15, 0.2) is 5.58 Å². The van der Waals surface area contributed by atoms with Crippen LogP contribution in [0.5, 0.6) is 0 Å². The zero-order valence-corrected chi connectivity index (χ0v) is 15.7. The third-order valence-electron chi connectivity index (χ3n) is 3.80. The standard InChI is InChI=1S/C17H16Br2N2O/c1-8(2)10-4-6-11(7-5-10)17-21-15-13(19)14(20)12(18)9(3)16(15)22-17/h4-8H,20H2,1-3H3. The van der Waals surface area contributed by atoms with E-state index in [1.165, 1.54) is 5.56 Å². The van der Waals surface area contributed by atoms with Gasteiger partial charge < -0.3 is 10.2 Å². The molecule has 5 heteroatoms. The Morgan fingerprint density at radius 1 is 1.09 bits per heavy atom. The predicted octanol–water partition coefficient (Wildman–Crippen LogP) is 6.03. The summed E-state index contributed by atoms with van der Waals surface area (Å²) in [6.45, 7) is 6.32. The number of benzene rings is 2. The van der Waals surface area contributed by atoms with E-state index >= 15 is 0 Å². The van der Waals surface area contributed by atoms with Crippen molar-refractivity contribution in [3.05, 3.63) is 44.3 Å². The van der Waals surface area contributed by atoms with Crippen LogP contribution in [-0.4, -0.2) is 4.98 Å². The summed E-state index contributed by atoms with van der Waals surface area (Å²) in [5, 5.41) is 0. The SMILES string of the molecule is Cc1c(Br)c(N)c(Br)c2nc(-c3ccc(C(C)C)cc3)oc12. The molecule has 0 radical (unpaired) electrons. The summed E-state index contributed by atoms with van der Waals surface area (Å²) in [7, 11) is 0. The van der Waals surface area contributed by atoms with Gasteiger partial charge in [-0.15, -0.1) is 0 Å². The molecule has 2 aromatic carbocycles. The Kier molecular flexibility index (Phi) is 4.03. The molecule has 0 bridgehead atoms. The van der Waals surface area contributed by atoms with Gasteiger partial charge >= 0.3 is 0 Å². The average molecular weight is 424 g/mol. The highest BCUT2D eigenvalue weighted by molar-refractivity contribution is 9.11. The van der Waals surface area contributed by atoms with E-state index in [0.29, 0.717) is 17.5 Å². The number of halogens is 2. The van der Waals surface area contributed by atoms with E-state index < -0.39 is 0 Å². The molecule has 2 N–H and O–H groups in total. The van der Waals surface area contributed by atoms with Crippen LogP contribution in [0.15, 0.2) is 37.6 Å². The highest BCUT2D eigenvalue weighted by Gasteiger charge is 2.18. The summed E-state index contributed by atoms with van der Waals surface area (Å²) < 4.78 is 7.57. The molecule has 0 aliphatic carbocycles. The van der Waals surface area contributed by atoms with Crippen LogP contribution in [0.1, 0.15) is 30.9 Å². The van der Waals surface area contributed by atoms with Crippen LogP contribution in [0.2, 0.25) is 0 Å². The molecule has 0 aliphatic rings. The van der Waals surface area contributed by atoms with Crippen molar-refractivity contribution in [2.75, 3.05) is 5.73 Å². The van der Waals surface area contributed by atoms with Crippen molar-refractivity contribution < 1.29 is 4.42 Å². The van der Waals surface area contributed by atoms with Crippen LogP contribution in [0, 0.1) is 6.92 Å². The molecule has 0 atom stereocenters. The van der Waals surface area contributed by atoms with Crippen molar-refractivity contribution in [1.82, 2.24) is 4.98 Å². The van der Waals surface area contributed by atoms with E-state index in [0.717, 1.165) is 31.2 Å². The lowest BCUT2D eigenvalue weighted by Crippen LogP contribution is -1.92. The number of aromatic nitrogens is 1. The lowest BCUT2D eigenvalue weighted by Gasteiger charge is -2.05. The maximum absolute atomic E-state index is 6.07. The normalized spacial score (nSPS) is 11.5. The van der Waals surface area contributed by atoms with Gasteiger partial charge in [0, 0.05) is 15.6 Å². The fraction of sp³-hybridized carbons (Fsp3) is 0.235. The number of aryl methyl sites for hydroxylation is 1.